The Morgan fingerprint density at radius 2 is 1.95 bits per heavy atom. The van der Waals surface area contributed by atoms with Crippen molar-refractivity contribution in [3.63, 3.8) is 0 Å². The second-order valence-electron chi connectivity index (χ2n) is 4.36. The molecule has 0 aliphatic heterocycles. The third-order valence-electron chi connectivity index (χ3n) is 2.57. The Morgan fingerprint density at radius 1 is 1.20 bits per heavy atom. The summed E-state index contributed by atoms with van der Waals surface area (Å²) in [7, 11) is 5.70. The van der Waals surface area contributed by atoms with Crippen molar-refractivity contribution in [1.82, 2.24) is 29.7 Å². The van der Waals surface area contributed by atoms with Gasteiger partial charge in [-0.25, -0.2) is 0 Å². The number of rotatable bonds is 5. The Kier molecular flexibility index (Phi) is 4.38. The minimum atomic E-state index is 0.563. The van der Waals surface area contributed by atoms with Crippen LogP contribution in [0.5, 0.6) is 0 Å². The molecule has 0 aliphatic rings. The fourth-order valence-corrected chi connectivity index (χ4v) is 2.16. The van der Waals surface area contributed by atoms with Gasteiger partial charge < -0.3 is 14.8 Å². The van der Waals surface area contributed by atoms with Crippen LogP contribution in [0.1, 0.15) is 12.7 Å². The molecule has 0 bridgehead atoms. The Hall–Kier alpha value is -1.90. The molecular weight excluding hydrogens is 276 g/mol. The number of hydrogen-bond acceptors (Lipinski definition) is 8. The smallest absolute Gasteiger partial charge is 0.230 e. The van der Waals surface area contributed by atoms with E-state index in [9.17, 15) is 0 Å². The molecule has 1 N–H and O–H groups in total. The zero-order valence-electron chi connectivity index (χ0n) is 12.2. The van der Waals surface area contributed by atoms with Gasteiger partial charge in [0.2, 0.25) is 17.1 Å². The van der Waals surface area contributed by atoms with E-state index in [-0.39, 0.29) is 0 Å². The first-order valence-corrected chi connectivity index (χ1v) is 7.04. The first kappa shape index (κ1) is 14.5. The van der Waals surface area contributed by atoms with Crippen LogP contribution in [-0.4, -0.2) is 50.4 Å². The van der Waals surface area contributed by atoms with Crippen LogP contribution in [0.25, 0.3) is 0 Å². The van der Waals surface area contributed by atoms with Crippen LogP contribution < -0.4 is 10.2 Å². The fourth-order valence-electron chi connectivity index (χ4n) is 1.39. The molecular formula is C11H18N8S. The molecule has 20 heavy (non-hydrogen) atoms. The van der Waals surface area contributed by atoms with Crippen molar-refractivity contribution in [2.24, 2.45) is 7.05 Å². The average molecular weight is 294 g/mol. The van der Waals surface area contributed by atoms with Crippen LogP contribution >= 0.6 is 11.8 Å². The van der Waals surface area contributed by atoms with Gasteiger partial charge in [0.05, 0.1) is 0 Å². The number of anilines is 2. The number of hydrogen-bond donors (Lipinski definition) is 1. The van der Waals surface area contributed by atoms with Gasteiger partial charge in [0.25, 0.3) is 0 Å². The van der Waals surface area contributed by atoms with Gasteiger partial charge in [0.15, 0.2) is 5.16 Å². The molecule has 0 fully saturated rings. The molecule has 9 heteroatoms. The molecule has 0 radical (unpaired) electrons. The Balaban J connectivity index is 2.32. The van der Waals surface area contributed by atoms with E-state index in [0.717, 1.165) is 17.5 Å². The molecule has 0 amide bonds. The van der Waals surface area contributed by atoms with E-state index < -0.39 is 0 Å². The van der Waals surface area contributed by atoms with E-state index in [1.54, 1.807) is 0 Å². The normalized spacial score (nSPS) is 10.7. The van der Waals surface area contributed by atoms with Gasteiger partial charge in [0, 0.05) is 27.7 Å². The predicted octanol–water partition coefficient (Wildman–Crippen LogP) is 0.958. The van der Waals surface area contributed by atoms with Crippen LogP contribution in [0.3, 0.4) is 0 Å². The largest absolute Gasteiger partial charge is 0.354 e. The summed E-state index contributed by atoms with van der Waals surface area (Å²) >= 11 is 1.37. The number of nitrogens with one attached hydrogen (secondary N) is 1. The summed E-state index contributed by atoms with van der Waals surface area (Å²) in [6, 6.07) is 0. The lowest BCUT2D eigenvalue weighted by atomic mass is 10.7. The molecule has 0 aromatic carbocycles. The lowest BCUT2D eigenvalue weighted by Gasteiger charge is -2.12. The molecule has 2 rings (SSSR count). The molecule has 0 aliphatic carbocycles. The highest BCUT2D eigenvalue weighted by molar-refractivity contribution is 7.99. The maximum absolute atomic E-state index is 4.41. The maximum atomic E-state index is 4.41. The molecule has 0 unspecified atom stereocenters. The Labute approximate surface area is 122 Å². The van der Waals surface area contributed by atoms with Crippen LogP contribution in [0, 0.1) is 6.92 Å². The van der Waals surface area contributed by atoms with Crippen molar-refractivity contribution in [2.75, 3.05) is 30.9 Å². The quantitative estimate of drug-likeness (QED) is 0.872. The summed E-state index contributed by atoms with van der Waals surface area (Å²) in [5.74, 6) is 2.02. The van der Waals surface area contributed by atoms with Crippen LogP contribution in [0.4, 0.5) is 11.9 Å². The van der Waals surface area contributed by atoms with Gasteiger partial charge in [-0.05, 0) is 25.6 Å². The van der Waals surface area contributed by atoms with E-state index >= 15 is 0 Å². The van der Waals surface area contributed by atoms with Gasteiger partial charge in [-0.15, -0.1) is 10.2 Å². The fraction of sp³-hybridized carbons (Fsp3) is 0.545. The molecule has 2 aromatic heterocycles. The molecule has 2 aromatic rings. The summed E-state index contributed by atoms with van der Waals surface area (Å²) in [4.78, 5) is 14.9. The predicted molar refractivity (Wildman–Crippen MR) is 78.2 cm³/mol. The molecule has 0 spiro atoms. The molecule has 2 heterocycles. The van der Waals surface area contributed by atoms with Crippen LogP contribution in [0.2, 0.25) is 0 Å². The SMILES string of the molecule is CCNc1nc(Sc2nnc(C)n2C)nc(N(C)C)n1. The van der Waals surface area contributed by atoms with E-state index in [2.05, 4.69) is 30.5 Å². The third-order valence-corrected chi connectivity index (χ3v) is 3.48. The topological polar surface area (TPSA) is 84.7 Å². The molecule has 0 atom stereocenters. The van der Waals surface area contributed by atoms with Gasteiger partial charge in [0.1, 0.15) is 5.82 Å². The van der Waals surface area contributed by atoms with Crippen molar-refractivity contribution in [3.05, 3.63) is 5.82 Å². The highest BCUT2D eigenvalue weighted by atomic mass is 32.2. The number of aryl methyl sites for hydroxylation is 1. The third kappa shape index (κ3) is 3.16. The minimum absolute atomic E-state index is 0.563. The van der Waals surface area contributed by atoms with Crippen molar-refractivity contribution in [1.29, 1.82) is 0 Å². The van der Waals surface area contributed by atoms with Crippen molar-refractivity contribution >= 4 is 23.7 Å². The van der Waals surface area contributed by atoms with E-state index in [1.165, 1.54) is 11.8 Å². The van der Waals surface area contributed by atoms with Crippen molar-refractivity contribution in [2.45, 2.75) is 24.2 Å². The zero-order chi connectivity index (χ0) is 14.7. The first-order chi connectivity index (χ1) is 9.51. The molecule has 0 saturated heterocycles. The van der Waals surface area contributed by atoms with Gasteiger partial charge in [-0.2, -0.15) is 15.0 Å². The minimum Gasteiger partial charge on any atom is -0.354 e. The Bertz CT molecular complexity index is 594. The average Bonchev–Trinajstić information content (AvgIpc) is 2.71. The monoisotopic (exact) mass is 294 g/mol. The second-order valence-corrected chi connectivity index (χ2v) is 5.29. The van der Waals surface area contributed by atoms with E-state index in [1.807, 2.05) is 44.5 Å². The van der Waals surface area contributed by atoms with Crippen molar-refractivity contribution < 1.29 is 0 Å². The van der Waals surface area contributed by atoms with Crippen molar-refractivity contribution in [3.8, 4) is 0 Å². The molecule has 8 nitrogen and oxygen atoms in total. The van der Waals surface area contributed by atoms with Crippen LogP contribution in [0.15, 0.2) is 10.3 Å². The second kappa shape index (κ2) is 6.04. The summed E-state index contributed by atoms with van der Waals surface area (Å²) in [5.41, 5.74) is 0. The number of aromatic nitrogens is 6. The lowest BCUT2D eigenvalue weighted by molar-refractivity contribution is 0.760. The highest BCUT2D eigenvalue weighted by Crippen LogP contribution is 2.24. The lowest BCUT2D eigenvalue weighted by Crippen LogP contribution is -2.15. The molecule has 0 saturated carbocycles. The van der Waals surface area contributed by atoms with Gasteiger partial charge in [-0.1, -0.05) is 0 Å². The van der Waals surface area contributed by atoms with E-state index in [0.29, 0.717) is 17.1 Å². The maximum Gasteiger partial charge on any atom is 0.230 e. The summed E-state index contributed by atoms with van der Waals surface area (Å²) in [6.07, 6.45) is 0. The summed E-state index contributed by atoms with van der Waals surface area (Å²) in [6.45, 7) is 4.65. The number of nitrogens with zero attached hydrogens (tertiary/aromatic N) is 7. The van der Waals surface area contributed by atoms with Crippen LogP contribution in [-0.2, 0) is 7.05 Å². The summed E-state index contributed by atoms with van der Waals surface area (Å²) in [5, 5.41) is 12.6. The summed E-state index contributed by atoms with van der Waals surface area (Å²) < 4.78 is 1.90. The standard InChI is InChI=1S/C11H18N8S/c1-6-12-8-13-9(18(3)4)15-10(14-8)20-11-17-16-7(2)19(11)5/h6H2,1-5H3,(H,12,13,14,15). The van der Waals surface area contributed by atoms with Gasteiger partial charge >= 0.3 is 0 Å². The van der Waals surface area contributed by atoms with E-state index in [4.69, 9.17) is 0 Å². The highest BCUT2D eigenvalue weighted by Gasteiger charge is 2.13. The van der Waals surface area contributed by atoms with Gasteiger partial charge in [-0.3, -0.25) is 0 Å². The Morgan fingerprint density at radius 3 is 2.50 bits per heavy atom. The first-order valence-electron chi connectivity index (χ1n) is 6.22. The zero-order valence-corrected chi connectivity index (χ0v) is 13.1. The molecule has 108 valence electrons.